The summed E-state index contributed by atoms with van der Waals surface area (Å²) in [6.07, 6.45) is 1.05. The Balaban J connectivity index is 2.27. The molecule has 1 fully saturated rings. The number of methoxy groups -OCH3 is 1. The number of hydrogen-bond acceptors (Lipinski definition) is 3. The molecule has 0 amide bonds. The first-order valence-electron chi connectivity index (χ1n) is 5.08. The number of carbonyl (C=O) groups excluding carboxylic acids is 1. The first-order valence-corrected chi connectivity index (χ1v) is 5.08. The molecule has 1 aliphatic rings. The highest BCUT2D eigenvalue weighted by molar-refractivity contribution is 5.91. The maximum absolute atomic E-state index is 11.3. The molecule has 2 atom stereocenters. The van der Waals surface area contributed by atoms with E-state index in [9.17, 15) is 4.79 Å². The highest BCUT2D eigenvalue weighted by Crippen LogP contribution is 2.39. The van der Waals surface area contributed by atoms with Gasteiger partial charge in [0.05, 0.1) is 12.7 Å². The van der Waals surface area contributed by atoms with E-state index in [1.165, 1.54) is 12.7 Å². The molecule has 0 aliphatic heterocycles. The molecule has 15 heavy (non-hydrogen) atoms. The fourth-order valence-corrected chi connectivity index (χ4v) is 1.85. The van der Waals surface area contributed by atoms with Crippen molar-refractivity contribution < 1.29 is 9.53 Å². The Labute approximate surface area is 89.2 Å². The van der Waals surface area contributed by atoms with Crippen LogP contribution in [0.2, 0.25) is 0 Å². The number of benzene rings is 1. The lowest BCUT2D eigenvalue weighted by Gasteiger charge is -2.06. The molecule has 0 bridgehead atoms. The molecule has 80 valence electrons. The molecule has 0 saturated heterocycles. The van der Waals surface area contributed by atoms with Crippen molar-refractivity contribution in [2.24, 2.45) is 5.73 Å². The molecular formula is C12H15NO2. The average molecular weight is 205 g/mol. The van der Waals surface area contributed by atoms with Gasteiger partial charge in [0.25, 0.3) is 0 Å². The van der Waals surface area contributed by atoms with Gasteiger partial charge >= 0.3 is 5.97 Å². The van der Waals surface area contributed by atoms with E-state index < -0.39 is 0 Å². The third-order valence-electron chi connectivity index (χ3n) is 2.92. The summed E-state index contributed by atoms with van der Waals surface area (Å²) in [4.78, 5) is 11.3. The molecule has 1 aromatic rings. The summed E-state index contributed by atoms with van der Waals surface area (Å²) < 4.78 is 4.69. The third kappa shape index (κ3) is 1.88. The van der Waals surface area contributed by atoms with E-state index in [1.807, 2.05) is 25.1 Å². The number of esters is 1. The Morgan fingerprint density at radius 3 is 2.67 bits per heavy atom. The maximum atomic E-state index is 11.3. The van der Waals surface area contributed by atoms with Crippen molar-refractivity contribution in [3.05, 3.63) is 34.9 Å². The first-order chi connectivity index (χ1) is 7.13. The lowest BCUT2D eigenvalue weighted by Crippen LogP contribution is -2.05. The van der Waals surface area contributed by atoms with Crippen molar-refractivity contribution in [2.75, 3.05) is 7.11 Å². The van der Waals surface area contributed by atoms with Crippen molar-refractivity contribution in [1.29, 1.82) is 0 Å². The predicted molar refractivity (Wildman–Crippen MR) is 57.9 cm³/mol. The fourth-order valence-electron chi connectivity index (χ4n) is 1.85. The molecule has 1 aromatic carbocycles. The van der Waals surface area contributed by atoms with Crippen molar-refractivity contribution in [3.8, 4) is 0 Å². The average Bonchev–Trinajstić information content (AvgIpc) is 2.94. The summed E-state index contributed by atoms with van der Waals surface area (Å²) in [7, 11) is 1.40. The summed E-state index contributed by atoms with van der Waals surface area (Å²) in [5.41, 5.74) is 8.60. The molecule has 0 radical (unpaired) electrons. The van der Waals surface area contributed by atoms with Crippen LogP contribution in [0, 0.1) is 6.92 Å². The van der Waals surface area contributed by atoms with Crippen LogP contribution in [0.3, 0.4) is 0 Å². The largest absolute Gasteiger partial charge is 0.465 e. The van der Waals surface area contributed by atoms with Crippen molar-refractivity contribution in [3.63, 3.8) is 0 Å². The lowest BCUT2D eigenvalue weighted by molar-refractivity contribution is 0.0600. The van der Waals surface area contributed by atoms with Crippen LogP contribution in [0.15, 0.2) is 18.2 Å². The Hall–Kier alpha value is -1.35. The molecule has 0 heterocycles. The Kier molecular flexibility index (Phi) is 2.49. The van der Waals surface area contributed by atoms with Crippen molar-refractivity contribution in [1.82, 2.24) is 0 Å². The number of ether oxygens (including phenoxy) is 1. The van der Waals surface area contributed by atoms with Crippen LogP contribution < -0.4 is 5.73 Å². The van der Waals surface area contributed by atoms with E-state index in [0.717, 1.165) is 12.0 Å². The predicted octanol–water partition coefficient (Wildman–Crippen LogP) is 1.60. The summed E-state index contributed by atoms with van der Waals surface area (Å²) >= 11 is 0. The molecule has 3 nitrogen and oxygen atoms in total. The summed E-state index contributed by atoms with van der Waals surface area (Å²) in [5, 5.41) is 0. The summed E-state index contributed by atoms with van der Waals surface area (Å²) in [5.74, 6) is 0.203. The van der Waals surface area contributed by atoms with E-state index >= 15 is 0 Å². The fraction of sp³-hybridized carbons (Fsp3) is 0.417. The summed E-state index contributed by atoms with van der Waals surface area (Å²) in [6.45, 7) is 1.92. The first kappa shape index (κ1) is 10.2. The molecule has 2 N–H and O–H groups in total. The van der Waals surface area contributed by atoms with E-state index in [0.29, 0.717) is 17.5 Å². The minimum Gasteiger partial charge on any atom is -0.465 e. The van der Waals surface area contributed by atoms with Crippen LogP contribution in [0.5, 0.6) is 0 Å². The van der Waals surface area contributed by atoms with Gasteiger partial charge in [0.1, 0.15) is 0 Å². The molecule has 3 heteroatoms. The maximum Gasteiger partial charge on any atom is 0.338 e. The summed E-state index contributed by atoms with van der Waals surface area (Å²) in [6, 6.07) is 6.12. The van der Waals surface area contributed by atoms with Gasteiger partial charge in [-0.3, -0.25) is 0 Å². The van der Waals surface area contributed by atoms with E-state index in [4.69, 9.17) is 10.5 Å². The minimum absolute atomic E-state index is 0.279. The number of carbonyl (C=O) groups is 1. The second-order valence-electron chi connectivity index (χ2n) is 4.07. The number of nitrogens with two attached hydrogens (primary N) is 1. The van der Waals surface area contributed by atoms with Gasteiger partial charge in [-0.2, -0.15) is 0 Å². The topological polar surface area (TPSA) is 52.3 Å². The Morgan fingerprint density at radius 1 is 1.53 bits per heavy atom. The highest BCUT2D eigenvalue weighted by atomic mass is 16.5. The van der Waals surface area contributed by atoms with Crippen LogP contribution in [-0.4, -0.2) is 19.1 Å². The van der Waals surface area contributed by atoms with Gasteiger partial charge in [-0.1, -0.05) is 12.1 Å². The van der Waals surface area contributed by atoms with Gasteiger partial charge < -0.3 is 10.5 Å². The molecule has 0 unspecified atom stereocenters. The second kappa shape index (κ2) is 3.66. The third-order valence-corrected chi connectivity index (χ3v) is 2.92. The van der Waals surface area contributed by atoms with Gasteiger partial charge in [-0.25, -0.2) is 4.79 Å². The van der Waals surface area contributed by atoms with E-state index in [1.54, 1.807) is 0 Å². The highest BCUT2D eigenvalue weighted by Gasteiger charge is 2.34. The zero-order chi connectivity index (χ0) is 11.0. The SMILES string of the molecule is COC(=O)c1ccc([C@@H]2C[C@H]2N)cc1C. The van der Waals surface area contributed by atoms with E-state index in [-0.39, 0.29) is 5.97 Å². The zero-order valence-corrected chi connectivity index (χ0v) is 8.99. The van der Waals surface area contributed by atoms with Crippen LogP contribution in [-0.2, 0) is 4.74 Å². The van der Waals surface area contributed by atoms with E-state index in [2.05, 4.69) is 0 Å². The standard InChI is InChI=1S/C12H15NO2/c1-7-5-8(10-6-11(10)13)3-4-9(7)12(14)15-2/h3-5,10-11H,6,13H2,1-2H3/t10-,11+/m0/s1. The zero-order valence-electron chi connectivity index (χ0n) is 8.99. The van der Waals surface area contributed by atoms with Crippen LogP contribution >= 0.6 is 0 Å². The van der Waals surface area contributed by atoms with Crippen molar-refractivity contribution in [2.45, 2.75) is 25.3 Å². The van der Waals surface area contributed by atoms with Gasteiger partial charge in [0.15, 0.2) is 0 Å². The quantitative estimate of drug-likeness (QED) is 0.746. The molecule has 1 saturated carbocycles. The number of aryl methyl sites for hydroxylation is 1. The molecule has 0 aromatic heterocycles. The molecule has 0 spiro atoms. The normalized spacial score (nSPS) is 23.7. The smallest absolute Gasteiger partial charge is 0.338 e. The Bertz CT molecular complexity index is 401. The molecule has 1 aliphatic carbocycles. The molecular weight excluding hydrogens is 190 g/mol. The van der Waals surface area contributed by atoms with Gasteiger partial charge in [0.2, 0.25) is 0 Å². The second-order valence-corrected chi connectivity index (χ2v) is 4.07. The van der Waals surface area contributed by atoms with Gasteiger partial charge in [0, 0.05) is 12.0 Å². The monoisotopic (exact) mass is 205 g/mol. The van der Waals surface area contributed by atoms with Crippen LogP contribution in [0.1, 0.15) is 33.8 Å². The molecule has 2 rings (SSSR count). The van der Waals surface area contributed by atoms with Crippen LogP contribution in [0.4, 0.5) is 0 Å². The number of rotatable bonds is 2. The lowest BCUT2D eigenvalue weighted by atomic mass is 10.0. The van der Waals surface area contributed by atoms with Crippen molar-refractivity contribution >= 4 is 5.97 Å². The van der Waals surface area contributed by atoms with Gasteiger partial charge in [-0.05, 0) is 30.5 Å². The Morgan fingerprint density at radius 2 is 2.20 bits per heavy atom. The van der Waals surface area contributed by atoms with Crippen LogP contribution in [0.25, 0.3) is 0 Å². The minimum atomic E-state index is -0.279. The number of hydrogen-bond donors (Lipinski definition) is 1. The van der Waals surface area contributed by atoms with Gasteiger partial charge in [-0.15, -0.1) is 0 Å².